The number of carbonyl (C=O) groups excluding carboxylic acids is 1. The fourth-order valence-electron chi connectivity index (χ4n) is 2.05. The van der Waals surface area contributed by atoms with Crippen LogP contribution in [-0.4, -0.2) is 17.1 Å². The number of benzene rings is 1. The average molecular weight is 309 g/mol. The van der Waals surface area contributed by atoms with E-state index in [2.05, 4.69) is 15.8 Å². The highest BCUT2D eigenvalue weighted by Crippen LogP contribution is 2.18. The number of amides is 1. The summed E-state index contributed by atoms with van der Waals surface area (Å²) in [6.45, 7) is 5.05. The Labute approximate surface area is 126 Å². The Morgan fingerprint density at radius 1 is 1.27 bits per heavy atom. The van der Waals surface area contributed by atoms with Crippen LogP contribution in [0.1, 0.15) is 31.2 Å². The Balaban J connectivity index is 1.98. The second-order valence-electron chi connectivity index (χ2n) is 5.09. The number of rotatable bonds is 5. The van der Waals surface area contributed by atoms with Gasteiger partial charge in [0.15, 0.2) is 5.82 Å². The number of nitrogens with one attached hydrogen (secondary N) is 2. The molecule has 0 aliphatic heterocycles. The highest BCUT2D eigenvalue weighted by atomic mass is 19.1. The quantitative estimate of drug-likeness (QED) is 0.891. The maximum atomic E-state index is 13.7. The second kappa shape index (κ2) is 6.65. The van der Waals surface area contributed by atoms with E-state index >= 15 is 0 Å². The first-order valence-corrected chi connectivity index (χ1v) is 6.82. The Bertz CT molecular complexity index is 673. The molecule has 2 aromatic rings. The zero-order valence-electron chi connectivity index (χ0n) is 12.5. The largest absolute Gasteiger partial charge is 0.360 e. The van der Waals surface area contributed by atoms with Gasteiger partial charge in [-0.15, -0.1) is 0 Å². The number of aromatic nitrogens is 1. The molecule has 2 atom stereocenters. The van der Waals surface area contributed by atoms with Crippen molar-refractivity contribution >= 4 is 11.7 Å². The highest BCUT2D eigenvalue weighted by Gasteiger charge is 2.19. The van der Waals surface area contributed by atoms with E-state index in [1.54, 1.807) is 26.8 Å². The summed E-state index contributed by atoms with van der Waals surface area (Å²) in [5.74, 6) is -0.725. The van der Waals surface area contributed by atoms with Crippen LogP contribution in [0.2, 0.25) is 0 Å². The summed E-state index contributed by atoms with van der Waals surface area (Å²) in [5, 5.41) is 9.20. The van der Waals surface area contributed by atoms with Gasteiger partial charge in [0.1, 0.15) is 17.4 Å². The molecule has 0 aliphatic rings. The van der Waals surface area contributed by atoms with Crippen LogP contribution in [0.5, 0.6) is 0 Å². The molecule has 0 saturated carbocycles. The van der Waals surface area contributed by atoms with Crippen molar-refractivity contribution in [2.45, 2.75) is 32.9 Å². The lowest BCUT2D eigenvalue weighted by Crippen LogP contribution is -2.39. The normalized spacial score (nSPS) is 13.7. The fraction of sp³-hybridized carbons (Fsp3) is 0.333. The van der Waals surface area contributed by atoms with E-state index in [1.807, 2.05) is 0 Å². The molecule has 0 bridgehead atoms. The molecule has 1 heterocycles. The van der Waals surface area contributed by atoms with E-state index in [9.17, 15) is 13.6 Å². The predicted molar refractivity (Wildman–Crippen MR) is 77.2 cm³/mol. The molecule has 1 aromatic carbocycles. The molecular weight excluding hydrogens is 292 g/mol. The van der Waals surface area contributed by atoms with Gasteiger partial charge < -0.3 is 9.84 Å². The van der Waals surface area contributed by atoms with E-state index in [-0.39, 0.29) is 5.91 Å². The minimum Gasteiger partial charge on any atom is -0.360 e. The predicted octanol–water partition coefficient (Wildman–Crippen LogP) is 2.94. The molecule has 0 aliphatic carbocycles. The lowest BCUT2D eigenvalue weighted by Gasteiger charge is -2.20. The first-order valence-electron chi connectivity index (χ1n) is 6.82. The fourth-order valence-corrected chi connectivity index (χ4v) is 2.05. The van der Waals surface area contributed by atoms with Crippen LogP contribution in [0.3, 0.4) is 0 Å². The number of hydrogen-bond donors (Lipinski definition) is 2. The molecule has 7 heteroatoms. The van der Waals surface area contributed by atoms with Gasteiger partial charge in [-0.25, -0.2) is 8.78 Å². The number of anilines is 1. The van der Waals surface area contributed by atoms with Crippen LogP contribution in [0.4, 0.5) is 14.6 Å². The zero-order valence-corrected chi connectivity index (χ0v) is 12.5. The molecule has 1 aromatic heterocycles. The van der Waals surface area contributed by atoms with Crippen molar-refractivity contribution in [3.63, 3.8) is 0 Å². The van der Waals surface area contributed by atoms with Gasteiger partial charge in [-0.05, 0) is 26.8 Å². The Morgan fingerprint density at radius 2 is 2.00 bits per heavy atom. The molecule has 0 fully saturated rings. The molecule has 0 spiro atoms. The zero-order chi connectivity index (χ0) is 16.3. The van der Waals surface area contributed by atoms with Gasteiger partial charge in [0.05, 0.1) is 6.04 Å². The van der Waals surface area contributed by atoms with Crippen LogP contribution in [-0.2, 0) is 4.79 Å². The van der Waals surface area contributed by atoms with Gasteiger partial charge in [0.25, 0.3) is 0 Å². The van der Waals surface area contributed by atoms with Gasteiger partial charge in [0, 0.05) is 23.7 Å². The third-order valence-corrected chi connectivity index (χ3v) is 3.20. The summed E-state index contributed by atoms with van der Waals surface area (Å²) in [5.41, 5.74) is 0.290. The Morgan fingerprint density at radius 3 is 2.59 bits per heavy atom. The van der Waals surface area contributed by atoms with Crippen LogP contribution in [0.15, 0.2) is 28.8 Å². The lowest BCUT2D eigenvalue weighted by molar-refractivity contribution is -0.118. The van der Waals surface area contributed by atoms with Crippen molar-refractivity contribution in [2.24, 2.45) is 0 Å². The number of hydrogen-bond acceptors (Lipinski definition) is 4. The molecule has 1 amide bonds. The summed E-state index contributed by atoms with van der Waals surface area (Å²) < 4.78 is 31.5. The molecular formula is C15H17F2N3O2. The van der Waals surface area contributed by atoms with Gasteiger partial charge in [0.2, 0.25) is 5.91 Å². The van der Waals surface area contributed by atoms with Crippen molar-refractivity contribution < 1.29 is 18.1 Å². The molecule has 0 radical (unpaired) electrons. The van der Waals surface area contributed by atoms with E-state index in [0.29, 0.717) is 17.1 Å². The van der Waals surface area contributed by atoms with Crippen LogP contribution in [0.25, 0.3) is 0 Å². The van der Waals surface area contributed by atoms with Crippen LogP contribution in [0, 0.1) is 18.6 Å². The average Bonchev–Trinajstić information content (AvgIpc) is 2.83. The number of halogens is 2. The molecule has 2 N–H and O–H groups in total. The van der Waals surface area contributed by atoms with Crippen molar-refractivity contribution in [1.29, 1.82) is 0 Å². The third kappa shape index (κ3) is 3.88. The molecule has 2 rings (SSSR count). The van der Waals surface area contributed by atoms with Gasteiger partial charge in [-0.2, -0.15) is 0 Å². The molecule has 0 saturated heterocycles. The first kappa shape index (κ1) is 16.1. The first-order chi connectivity index (χ1) is 10.4. The SMILES string of the molecule is Cc1cc(NC(=O)C(C)NC(C)c2ccc(F)cc2F)no1. The molecule has 2 unspecified atom stereocenters. The van der Waals surface area contributed by atoms with E-state index < -0.39 is 23.7 Å². The standard InChI is InChI=1S/C15H17F2N3O2/c1-8-6-14(20-22-8)19-15(21)10(3)18-9(2)12-5-4-11(16)7-13(12)17/h4-7,9-10,18H,1-3H3,(H,19,20,21). The number of nitrogens with zero attached hydrogens (tertiary/aromatic N) is 1. The second-order valence-corrected chi connectivity index (χ2v) is 5.09. The summed E-state index contributed by atoms with van der Waals surface area (Å²) in [6.07, 6.45) is 0. The number of carbonyl (C=O) groups is 1. The summed E-state index contributed by atoms with van der Waals surface area (Å²) >= 11 is 0. The van der Waals surface area contributed by atoms with Gasteiger partial charge >= 0.3 is 0 Å². The van der Waals surface area contributed by atoms with Crippen molar-refractivity contribution in [3.8, 4) is 0 Å². The van der Waals surface area contributed by atoms with E-state index in [0.717, 1.165) is 6.07 Å². The Hall–Kier alpha value is -2.28. The van der Waals surface area contributed by atoms with Gasteiger partial charge in [-0.3, -0.25) is 10.1 Å². The smallest absolute Gasteiger partial charge is 0.242 e. The van der Waals surface area contributed by atoms with Crippen molar-refractivity contribution in [3.05, 3.63) is 47.2 Å². The molecule has 22 heavy (non-hydrogen) atoms. The van der Waals surface area contributed by atoms with Crippen molar-refractivity contribution in [1.82, 2.24) is 10.5 Å². The summed E-state index contributed by atoms with van der Waals surface area (Å²) in [7, 11) is 0. The maximum absolute atomic E-state index is 13.7. The topological polar surface area (TPSA) is 67.2 Å². The Kier molecular flexibility index (Phi) is 4.87. The van der Waals surface area contributed by atoms with E-state index in [4.69, 9.17) is 4.52 Å². The van der Waals surface area contributed by atoms with Crippen LogP contribution < -0.4 is 10.6 Å². The summed E-state index contributed by atoms with van der Waals surface area (Å²) in [6, 6.07) is 3.88. The highest BCUT2D eigenvalue weighted by molar-refractivity contribution is 5.93. The van der Waals surface area contributed by atoms with Gasteiger partial charge in [-0.1, -0.05) is 11.2 Å². The summed E-state index contributed by atoms with van der Waals surface area (Å²) in [4.78, 5) is 12.0. The molecule has 118 valence electrons. The minimum absolute atomic E-state index is 0.290. The third-order valence-electron chi connectivity index (χ3n) is 3.20. The minimum atomic E-state index is -0.653. The van der Waals surface area contributed by atoms with E-state index in [1.165, 1.54) is 12.1 Å². The monoisotopic (exact) mass is 309 g/mol. The van der Waals surface area contributed by atoms with Crippen molar-refractivity contribution in [2.75, 3.05) is 5.32 Å². The van der Waals surface area contributed by atoms with Crippen LogP contribution >= 0.6 is 0 Å². The maximum Gasteiger partial charge on any atom is 0.242 e. The lowest BCUT2D eigenvalue weighted by atomic mass is 10.1. The number of aryl methyl sites for hydroxylation is 1. The molecule has 5 nitrogen and oxygen atoms in total.